The van der Waals surface area contributed by atoms with Crippen molar-refractivity contribution in [3.63, 3.8) is 0 Å². The second-order valence-corrected chi connectivity index (χ2v) is 5.71. The summed E-state index contributed by atoms with van der Waals surface area (Å²) in [6.07, 6.45) is 0. The SMILES string of the molecule is Cc1ccc(Nc2ccc(C(=O)Nc3ccc(F)cc3)nn2)c(C)c1. The summed E-state index contributed by atoms with van der Waals surface area (Å²) in [7, 11) is 0. The molecule has 2 aromatic carbocycles. The fourth-order valence-electron chi connectivity index (χ4n) is 2.34. The summed E-state index contributed by atoms with van der Waals surface area (Å²) in [5.41, 5.74) is 3.88. The van der Waals surface area contributed by atoms with Gasteiger partial charge in [-0.2, -0.15) is 0 Å². The van der Waals surface area contributed by atoms with Gasteiger partial charge < -0.3 is 10.6 Å². The highest BCUT2D eigenvalue weighted by Gasteiger charge is 2.09. The number of amides is 1. The van der Waals surface area contributed by atoms with Gasteiger partial charge in [-0.1, -0.05) is 17.7 Å². The van der Waals surface area contributed by atoms with Crippen LogP contribution in [0.2, 0.25) is 0 Å². The molecule has 5 nitrogen and oxygen atoms in total. The van der Waals surface area contributed by atoms with Crippen LogP contribution in [0.4, 0.5) is 21.6 Å². The maximum absolute atomic E-state index is 12.9. The summed E-state index contributed by atoms with van der Waals surface area (Å²) in [4.78, 5) is 12.1. The highest BCUT2D eigenvalue weighted by Crippen LogP contribution is 2.20. The maximum Gasteiger partial charge on any atom is 0.276 e. The topological polar surface area (TPSA) is 66.9 Å². The average molecular weight is 336 g/mol. The first-order valence-corrected chi connectivity index (χ1v) is 7.76. The second kappa shape index (κ2) is 7.09. The van der Waals surface area contributed by atoms with Gasteiger partial charge in [-0.05, 0) is 61.9 Å². The Morgan fingerprint density at radius 2 is 1.72 bits per heavy atom. The number of benzene rings is 2. The molecule has 6 heteroatoms. The van der Waals surface area contributed by atoms with Crippen LogP contribution in [0.15, 0.2) is 54.6 Å². The van der Waals surface area contributed by atoms with E-state index < -0.39 is 5.91 Å². The molecule has 0 bridgehead atoms. The number of aromatic nitrogens is 2. The third-order valence-corrected chi connectivity index (χ3v) is 3.64. The first kappa shape index (κ1) is 16.6. The Balaban J connectivity index is 1.69. The van der Waals surface area contributed by atoms with Crippen molar-refractivity contribution in [3.05, 3.63) is 77.2 Å². The fourth-order valence-corrected chi connectivity index (χ4v) is 2.34. The smallest absolute Gasteiger partial charge is 0.276 e. The molecule has 1 heterocycles. The van der Waals surface area contributed by atoms with Crippen LogP contribution >= 0.6 is 0 Å². The summed E-state index contributed by atoms with van der Waals surface area (Å²) in [6, 6.07) is 14.8. The molecule has 0 radical (unpaired) electrons. The molecule has 1 aromatic heterocycles. The molecule has 3 aromatic rings. The molecular formula is C19H17FN4O. The van der Waals surface area contributed by atoms with E-state index in [1.807, 2.05) is 26.0 Å². The number of hydrogen-bond acceptors (Lipinski definition) is 4. The molecule has 0 aliphatic rings. The van der Waals surface area contributed by atoms with Gasteiger partial charge in [0.05, 0.1) is 0 Å². The van der Waals surface area contributed by atoms with Crippen LogP contribution in [0.1, 0.15) is 21.6 Å². The molecule has 0 saturated heterocycles. The van der Waals surface area contributed by atoms with Gasteiger partial charge in [-0.15, -0.1) is 10.2 Å². The maximum atomic E-state index is 12.9. The Kier molecular flexibility index (Phi) is 4.70. The lowest BCUT2D eigenvalue weighted by Crippen LogP contribution is -2.14. The van der Waals surface area contributed by atoms with E-state index in [2.05, 4.69) is 26.9 Å². The Labute approximate surface area is 144 Å². The van der Waals surface area contributed by atoms with Crippen molar-refractivity contribution >= 4 is 23.1 Å². The number of hydrogen-bond donors (Lipinski definition) is 2. The Morgan fingerprint density at radius 3 is 2.36 bits per heavy atom. The molecule has 0 unspecified atom stereocenters. The minimum absolute atomic E-state index is 0.176. The van der Waals surface area contributed by atoms with Crippen LogP contribution in [0.3, 0.4) is 0 Å². The fraction of sp³-hybridized carbons (Fsp3) is 0.105. The van der Waals surface area contributed by atoms with E-state index in [9.17, 15) is 9.18 Å². The van der Waals surface area contributed by atoms with Crippen LogP contribution in [0.25, 0.3) is 0 Å². The number of carbonyl (C=O) groups is 1. The highest BCUT2D eigenvalue weighted by atomic mass is 19.1. The van der Waals surface area contributed by atoms with Gasteiger partial charge in [-0.25, -0.2) is 4.39 Å². The number of nitrogens with zero attached hydrogens (tertiary/aromatic N) is 2. The van der Waals surface area contributed by atoms with Crippen molar-refractivity contribution in [1.29, 1.82) is 0 Å². The van der Waals surface area contributed by atoms with E-state index in [-0.39, 0.29) is 11.5 Å². The Morgan fingerprint density at radius 1 is 0.960 bits per heavy atom. The van der Waals surface area contributed by atoms with E-state index >= 15 is 0 Å². The zero-order chi connectivity index (χ0) is 17.8. The van der Waals surface area contributed by atoms with Gasteiger partial charge >= 0.3 is 0 Å². The molecule has 0 saturated carbocycles. The van der Waals surface area contributed by atoms with E-state index in [1.54, 1.807) is 12.1 Å². The summed E-state index contributed by atoms with van der Waals surface area (Å²) in [5.74, 6) is -0.220. The van der Waals surface area contributed by atoms with E-state index in [1.165, 1.54) is 29.8 Å². The molecule has 0 aliphatic carbocycles. The quantitative estimate of drug-likeness (QED) is 0.748. The van der Waals surface area contributed by atoms with Gasteiger partial charge in [0.1, 0.15) is 5.82 Å². The first-order chi connectivity index (χ1) is 12.0. The predicted octanol–water partition coefficient (Wildman–Crippen LogP) is 4.23. The number of rotatable bonds is 4. The Bertz CT molecular complexity index is 892. The van der Waals surface area contributed by atoms with Crippen molar-refractivity contribution < 1.29 is 9.18 Å². The van der Waals surface area contributed by atoms with Gasteiger partial charge in [-0.3, -0.25) is 4.79 Å². The van der Waals surface area contributed by atoms with Crippen molar-refractivity contribution in [2.75, 3.05) is 10.6 Å². The lowest BCUT2D eigenvalue weighted by atomic mass is 10.1. The molecule has 3 rings (SSSR count). The minimum atomic E-state index is -0.405. The predicted molar refractivity (Wildman–Crippen MR) is 95.6 cm³/mol. The molecule has 2 N–H and O–H groups in total. The Hall–Kier alpha value is -3.28. The zero-order valence-electron chi connectivity index (χ0n) is 13.9. The standard InChI is InChI=1S/C19H17FN4O/c1-12-3-8-16(13(2)11-12)22-18-10-9-17(23-24-18)19(25)21-15-6-4-14(20)5-7-15/h3-11H,1-2H3,(H,21,25)(H,22,24). The van der Waals surface area contributed by atoms with Crippen LogP contribution in [-0.2, 0) is 0 Å². The monoisotopic (exact) mass is 336 g/mol. The van der Waals surface area contributed by atoms with Crippen molar-refractivity contribution in [2.24, 2.45) is 0 Å². The molecule has 0 spiro atoms. The van der Waals surface area contributed by atoms with Crippen molar-refractivity contribution in [1.82, 2.24) is 10.2 Å². The van der Waals surface area contributed by atoms with Gasteiger partial charge in [0.15, 0.2) is 11.5 Å². The number of aryl methyl sites for hydroxylation is 2. The molecule has 25 heavy (non-hydrogen) atoms. The molecule has 0 atom stereocenters. The summed E-state index contributed by atoms with van der Waals surface area (Å²) < 4.78 is 12.9. The number of carbonyl (C=O) groups excluding carboxylic acids is 1. The minimum Gasteiger partial charge on any atom is -0.339 e. The second-order valence-electron chi connectivity index (χ2n) is 5.71. The normalized spacial score (nSPS) is 10.4. The van der Waals surface area contributed by atoms with Gasteiger partial charge in [0.25, 0.3) is 5.91 Å². The zero-order valence-corrected chi connectivity index (χ0v) is 13.9. The number of anilines is 3. The third kappa shape index (κ3) is 4.17. The van der Waals surface area contributed by atoms with Crippen molar-refractivity contribution in [2.45, 2.75) is 13.8 Å². The molecular weight excluding hydrogens is 319 g/mol. The molecule has 0 aliphatic heterocycles. The summed E-state index contributed by atoms with van der Waals surface area (Å²) in [5, 5.41) is 13.8. The van der Waals surface area contributed by atoms with Crippen LogP contribution in [0, 0.1) is 19.7 Å². The molecule has 126 valence electrons. The molecule has 0 fully saturated rings. The number of nitrogens with one attached hydrogen (secondary N) is 2. The molecule has 1 amide bonds. The van der Waals surface area contributed by atoms with Gasteiger partial charge in [0, 0.05) is 11.4 Å². The highest BCUT2D eigenvalue weighted by molar-refractivity contribution is 6.02. The van der Waals surface area contributed by atoms with Crippen LogP contribution in [0.5, 0.6) is 0 Å². The summed E-state index contributed by atoms with van der Waals surface area (Å²) in [6.45, 7) is 4.04. The largest absolute Gasteiger partial charge is 0.339 e. The van der Waals surface area contributed by atoms with Gasteiger partial charge in [0.2, 0.25) is 0 Å². The summed E-state index contributed by atoms with van der Waals surface area (Å²) >= 11 is 0. The number of halogens is 1. The van der Waals surface area contributed by atoms with E-state index in [0.29, 0.717) is 11.5 Å². The third-order valence-electron chi connectivity index (χ3n) is 3.64. The van der Waals surface area contributed by atoms with Crippen LogP contribution in [-0.4, -0.2) is 16.1 Å². The first-order valence-electron chi connectivity index (χ1n) is 7.76. The van der Waals surface area contributed by atoms with E-state index in [0.717, 1.165) is 11.3 Å². The lowest BCUT2D eigenvalue weighted by Gasteiger charge is -2.09. The average Bonchev–Trinajstić information content (AvgIpc) is 2.60. The van der Waals surface area contributed by atoms with E-state index in [4.69, 9.17) is 0 Å². The van der Waals surface area contributed by atoms with Crippen molar-refractivity contribution in [3.8, 4) is 0 Å². The van der Waals surface area contributed by atoms with Crippen LogP contribution < -0.4 is 10.6 Å². The lowest BCUT2D eigenvalue weighted by molar-refractivity contribution is 0.102.